The number of aryl methyl sites for hydroxylation is 1. The number of likely N-dealkylation sites (tertiary alicyclic amines) is 1. The number of piperidine rings is 2. The first-order valence-corrected chi connectivity index (χ1v) is 10.9. The second-order valence-electron chi connectivity index (χ2n) is 7.30. The monoisotopic (exact) mass is 415 g/mol. The maximum atomic E-state index is 13.0. The SMILES string of the molecule is CNC1CCN(C(=O)c2cc(S(=O)(=O)N3CCCCC3)ccc2C)CC1.Cl. The van der Waals surface area contributed by atoms with Gasteiger partial charge in [-0.25, -0.2) is 8.42 Å². The van der Waals surface area contributed by atoms with Gasteiger partial charge in [-0.2, -0.15) is 4.31 Å². The van der Waals surface area contributed by atoms with Gasteiger partial charge in [0.2, 0.25) is 10.0 Å². The van der Waals surface area contributed by atoms with Crippen molar-refractivity contribution < 1.29 is 13.2 Å². The first-order valence-electron chi connectivity index (χ1n) is 9.51. The van der Waals surface area contributed by atoms with E-state index >= 15 is 0 Å². The van der Waals surface area contributed by atoms with Crippen LogP contribution in [0.15, 0.2) is 23.1 Å². The van der Waals surface area contributed by atoms with Gasteiger partial charge in [0.1, 0.15) is 0 Å². The number of hydrogen-bond acceptors (Lipinski definition) is 4. The summed E-state index contributed by atoms with van der Waals surface area (Å²) >= 11 is 0. The van der Waals surface area contributed by atoms with Gasteiger partial charge in [-0.15, -0.1) is 12.4 Å². The third kappa shape index (κ3) is 4.83. The Balaban J connectivity index is 0.00000261. The molecule has 0 bridgehead atoms. The van der Waals surface area contributed by atoms with Crippen molar-refractivity contribution in [1.29, 1.82) is 0 Å². The van der Waals surface area contributed by atoms with E-state index < -0.39 is 10.0 Å². The summed E-state index contributed by atoms with van der Waals surface area (Å²) in [6.07, 6.45) is 4.72. The molecule has 152 valence electrons. The van der Waals surface area contributed by atoms with Gasteiger partial charge in [-0.1, -0.05) is 12.5 Å². The number of nitrogens with one attached hydrogen (secondary N) is 1. The molecule has 2 fully saturated rings. The molecule has 2 heterocycles. The zero-order chi connectivity index (χ0) is 18.7. The molecule has 6 nitrogen and oxygen atoms in total. The fraction of sp³-hybridized carbons (Fsp3) is 0.632. The second kappa shape index (κ2) is 9.37. The molecule has 1 amide bonds. The second-order valence-corrected chi connectivity index (χ2v) is 9.23. The van der Waals surface area contributed by atoms with E-state index in [-0.39, 0.29) is 23.2 Å². The number of carbonyl (C=O) groups excluding carboxylic acids is 1. The van der Waals surface area contributed by atoms with Crippen molar-refractivity contribution >= 4 is 28.3 Å². The molecule has 0 atom stereocenters. The number of sulfonamides is 1. The Morgan fingerprint density at radius 3 is 2.30 bits per heavy atom. The number of halogens is 1. The van der Waals surface area contributed by atoms with Crippen molar-refractivity contribution in [3.8, 4) is 0 Å². The predicted molar refractivity (Wildman–Crippen MR) is 109 cm³/mol. The summed E-state index contributed by atoms with van der Waals surface area (Å²) in [4.78, 5) is 15.0. The minimum atomic E-state index is -3.53. The van der Waals surface area contributed by atoms with Crippen molar-refractivity contribution in [2.75, 3.05) is 33.2 Å². The molecule has 1 aromatic carbocycles. The lowest BCUT2D eigenvalue weighted by Gasteiger charge is -2.32. The van der Waals surface area contributed by atoms with Gasteiger partial charge in [0, 0.05) is 37.8 Å². The van der Waals surface area contributed by atoms with E-state index in [1.165, 1.54) is 0 Å². The van der Waals surface area contributed by atoms with Crippen LogP contribution in [0.3, 0.4) is 0 Å². The van der Waals surface area contributed by atoms with Crippen LogP contribution in [0.25, 0.3) is 0 Å². The average Bonchev–Trinajstić information content (AvgIpc) is 2.68. The smallest absolute Gasteiger partial charge is 0.254 e. The predicted octanol–water partition coefficient (Wildman–Crippen LogP) is 2.42. The van der Waals surface area contributed by atoms with Gasteiger partial charge in [0.25, 0.3) is 5.91 Å². The van der Waals surface area contributed by atoms with E-state index in [2.05, 4.69) is 5.32 Å². The van der Waals surface area contributed by atoms with Gasteiger partial charge < -0.3 is 10.2 Å². The topological polar surface area (TPSA) is 69.7 Å². The molecule has 1 N–H and O–H groups in total. The fourth-order valence-electron chi connectivity index (χ4n) is 3.79. The lowest BCUT2D eigenvalue weighted by Crippen LogP contribution is -2.44. The van der Waals surface area contributed by atoms with Crippen LogP contribution in [-0.2, 0) is 10.0 Å². The highest BCUT2D eigenvalue weighted by atomic mass is 35.5. The van der Waals surface area contributed by atoms with Crippen molar-refractivity contribution in [3.05, 3.63) is 29.3 Å². The van der Waals surface area contributed by atoms with Crippen molar-refractivity contribution in [2.45, 2.75) is 50.0 Å². The van der Waals surface area contributed by atoms with Crippen LogP contribution in [0.1, 0.15) is 48.0 Å². The zero-order valence-corrected chi connectivity index (χ0v) is 17.7. The summed E-state index contributed by atoms with van der Waals surface area (Å²) in [5.41, 5.74) is 1.33. The van der Waals surface area contributed by atoms with Crippen LogP contribution < -0.4 is 5.32 Å². The van der Waals surface area contributed by atoms with Crippen molar-refractivity contribution in [1.82, 2.24) is 14.5 Å². The van der Waals surface area contributed by atoms with E-state index in [0.29, 0.717) is 37.8 Å². The van der Waals surface area contributed by atoms with E-state index in [1.807, 2.05) is 18.9 Å². The number of hydrogen-bond donors (Lipinski definition) is 1. The Morgan fingerprint density at radius 2 is 1.70 bits per heavy atom. The molecule has 27 heavy (non-hydrogen) atoms. The summed E-state index contributed by atoms with van der Waals surface area (Å²) in [6.45, 7) is 4.40. The molecule has 2 saturated heterocycles. The van der Waals surface area contributed by atoms with Crippen LogP contribution in [0.2, 0.25) is 0 Å². The standard InChI is InChI=1S/C19H29N3O3S.ClH/c1-15-6-7-17(26(24,25)22-10-4-3-5-11-22)14-18(15)19(23)21-12-8-16(20-2)9-13-21;/h6-7,14,16,20H,3-5,8-13H2,1-2H3;1H. The Labute approximate surface area is 168 Å². The number of benzene rings is 1. The van der Waals surface area contributed by atoms with Crippen LogP contribution in [-0.4, -0.2) is 62.8 Å². The Morgan fingerprint density at radius 1 is 1.07 bits per heavy atom. The molecular weight excluding hydrogens is 386 g/mol. The zero-order valence-electron chi connectivity index (χ0n) is 16.1. The van der Waals surface area contributed by atoms with E-state index in [1.54, 1.807) is 22.5 Å². The lowest BCUT2D eigenvalue weighted by molar-refractivity contribution is 0.0706. The minimum absolute atomic E-state index is 0. The van der Waals surface area contributed by atoms with E-state index in [4.69, 9.17) is 0 Å². The Bertz CT molecular complexity index is 755. The van der Waals surface area contributed by atoms with Gasteiger partial charge in [0.05, 0.1) is 4.90 Å². The number of rotatable bonds is 4. The molecule has 1 aromatic rings. The van der Waals surface area contributed by atoms with Crippen molar-refractivity contribution in [3.63, 3.8) is 0 Å². The average molecular weight is 416 g/mol. The molecule has 0 unspecified atom stereocenters. The van der Waals surface area contributed by atoms with Gasteiger partial charge in [0.15, 0.2) is 0 Å². The summed E-state index contributed by atoms with van der Waals surface area (Å²) < 4.78 is 27.4. The van der Waals surface area contributed by atoms with Gasteiger partial charge >= 0.3 is 0 Å². The van der Waals surface area contributed by atoms with Crippen LogP contribution in [0, 0.1) is 6.92 Å². The highest BCUT2D eigenvalue weighted by molar-refractivity contribution is 7.89. The Kier molecular flexibility index (Phi) is 7.68. The minimum Gasteiger partial charge on any atom is -0.339 e. The van der Waals surface area contributed by atoms with E-state index in [0.717, 1.165) is 37.7 Å². The molecule has 0 spiro atoms. The third-order valence-electron chi connectivity index (χ3n) is 5.58. The maximum absolute atomic E-state index is 13.0. The molecule has 8 heteroatoms. The van der Waals surface area contributed by atoms with Gasteiger partial charge in [-0.3, -0.25) is 4.79 Å². The largest absolute Gasteiger partial charge is 0.339 e. The van der Waals surface area contributed by atoms with Crippen LogP contribution in [0.4, 0.5) is 0 Å². The lowest BCUT2D eigenvalue weighted by atomic mass is 10.0. The summed E-state index contributed by atoms with van der Waals surface area (Å²) in [5.74, 6) is -0.0623. The molecule has 0 aromatic heterocycles. The fourth-order valence-corrected chi connectivity index (χ4v) is 5.33. The number of carbonyl (C=O) groups is 1. The molecule has 0 radical (unpaired) electrons. The third-order valence-corrected chi connectivity index (χ3v) is 7.48. The van der Waals surface area contributed by atoms with Gasteiger partial charge in [-0.05, 0) is 57.4 Å². The highest BCUT2D eigenvalue weighted by Gasteiger charge is 2.29. The van der Waals surface area contributed by atoms with E-state index in [9.17, 15) is 13.2 Å². The highest BCUT2D eigenvalue weighted by Crippen LogP contribution is 2.24. The molecular formula is C19H30ClN3O3S. The Hall–Kier alpha value is -1.15. The summed E-state index contributed by atoms with van der Waals surface area (Å²) in [5, 5.41) is 3.26. The first kappa shape index (κ1) is 22.1. The molecule has 0 saturated carbocycles. The molecule has 2 aliphatic heterocycles. The number of amides is 1. The molecule has 3 rings (SSSR count). The summed E-state index contributed by atoms with van der Waals surface area (Å²) in [6, 6.07) is 5.41. The van der Waals surface area contributed by atoms with Crippen molar-refractivity contribution in [2.24, 2.45) is 0 Å². The molecule has 2 aliphatic rings. The maximum Gasteiger partial charge on any atom is 0.254 e. The summed E-state index contributed by atoms with van der Waals surface area (Å²) in [7, 11) is -1.58. The quantitative estimate of drug-likeness (QED) is 0.819. The first-order chi connectivity index (χ1) is 12.4. The normalized spacial score (nSPS) is 19.6. The number of nitrogens with zero attached hydrogens (tertiary/aromatic N) is 2. The van der Waals surface area contributed by atoms with Crippen LogP contribution in [0.5, 0.6) is 0 Å². The molecule has 0 aliphatic carbocycles. The van der Waals surface area contributed by atoms with Crippen LogP contribution >= 0.6 is 12.4 Å².